The van der Waals surface area contributed by atoms with Crippen LogP contribution >= 0.6 is 0 Å². The highest BCUT2D eigenvalue weighted by molar-refractivity contribution is 6.77. The molecule has 98 valence electrons. The van der Waals surface area contributed by atoms with Gasteiger partial charge < -0.3 is 0 Å². The van der Waals surface area contributed by atoms with E-state index in [0.717, 1.165) is 12.8 Å². The number of aryl methyl sites for hydroxylation is 1. The Balaban J connectivity index is 2.18. The zero-order valence-electron chi connectivity index (χ0n) is 12.0. The molecular formula is C16H24OSi. The predicted molar refractivity (Wildman–Crippen MR) is 79.9 cm³/mol. The van der Waals surface area contributed by atoms with Crippen LogP contribution in [-0.2, 0) is 4.79 Å². The first-order valence-electron chi connectivity index (χ1n) is 6.94. The van der Waals surface area contributed by atoms with Gasteiger partial charge in [-0.25, -0.2) is 0 Å². The molecule has 2 atom stereocenters. The molecule has 1 saturated carbocycles. The lowest BCUT2D eigenvalue weighted by Gasteiger charge is -2.36. The Morgan fingerprint density at radius 2 is 1.67 bits per heavy atom. The zero-order valence-corrected chi connectivity index (χ0v) is 13.0. The maximum atomic E-state index is 12.0. The van der Waals surface area contributed by atoms with Crippen LogP contribution in [0.4, 0.5) is 0 Å². The van der Waals surface area contributed by atoms with E-state index < -0.39 is 8.07 Å². The van der Waals surface area contributed by atoms with Crippen LogP contribution in [0.5, 0.6) is 0 Å². The second-order valence-corrected chi connectivity index (χ2v) is 12.4. The van der Waals surface area contributed by atoms with Crippen LogP contribution in [0.15, 0.2) is 24.3 Å². The van der Waals surface area contributed by atoms with Gasteiger partial charge in [-0.15, -0.1) is 0 Å². The van der Waals surface area contributed by atoms with Crippen LogP contribution in [0, 0.1) is 6.92 Å². The average molecular weight is 260 g/mol. The van der Waals surface area contributed by atoms with Crippen molar-refractivity contribution in [3.05, 3.63) is 35.4 Å². The zero-order chi connectivity index (χ0) is 13.3. The van der Waals surface area contributed by atoms with Crippen molar-refractivity contribution in [3.8, 4) is 0 Å². The minimum atomic E-state index is -1.20. The summed E-state index contributed by atoms with van der Waals surface area (Å²) in [6.07, 6.45) is 2.80. The lowest BCUT2D eigenvalue weighted by Crippen LogP contribution is -2.34. The molecule has 1 nitrogen and oxygen atoms in total. The van der Waals surface area contributed by atoms with Crippen molar-refractivity contribution in [2.24, 2.45) is 0 Å². The predicted octanol–water partition coefficient (Wildman–Crippen LogP) is 4.54. The fourth-order valence-corrected chi connectivity index (χ4v) is 4.73. The van der Waals surface area contributed by atoms with Gasteiger partial charge >= 0.3 is 0 Å². The van der Waals surface area contributed by atoms with E-state index in [-0.39, 0.29) is 0 Å². The summed E-state index contributed by atoms with van der Waals surface area (Å²) in [5.74, 6) is 0.933. The Bertz CT molecular complexity index is 427. The molecule has 0 aromatic heterocycles. The maximum absolute atomic E-state index is 12.0. The molecule has 1 aliphatic rings. The molecule has 2 heteroatoms. The van der Waals surface area contributed by atoms with Crippen LogP contribution in [0.2, 0.25) is 25.2 Å². The number of carbonyl (C=O) groups is 1. The van der Waals surface area contributed by atoms with E-state index in [1.807, 2.05) is 0 Å². The number of rotatable bonds is 2. The van der Waals surface area contributed by atoms with Crippen molar-refractivity contribution in [1.29, 1.82) is 0 Å². The normalized spacial score (nSPS) is 25.2. The van der Waals surface area contributed by atoms with Gasteiger partial charge in [-0.3, -0.25) is 4.79 Å². The van der Waals surface area contributed by atoms with E-state index in [2.05, 4.69) is 50.8 Å². The van der Waals surface area contributed by atoms with Crippen LogP contribution in [0.3, 0.4) is 0 Å². The molecule has 1 fully saturated rings. The summed E-state index contributed by atoms with van der Waals surface area (Å²) in [4.78, 5) is 12.0. The van der Waals surface area contributed by atoms with E-state index in [9.17, 15) is 4.79 Å². The average Bonchev–Trinajstić information content (AvgIpc) is 2.28. The minimum Gasteiger partial charge on any atom is -0.300 e. The fourth-order valence-electron chi connectivity index (χ4n) is 2.90. The van der Waals surface area contributed by atoms with Crippen molar-refractivity contribution in [1.82, 2.24) is 0 Å². The van der Waals surface area contributed by atoms with Gasteiger partial charge in [-0.1, -0.05) is 49.5 Å². The van der Waals surface area contributed by atoms with Crippen molar-refractivity contribution >= 4 is 13.9 Å². The summed E-state index contributed by atoms with van der Waals surface area (Å²) in [5, 5.41) is 0. The third kappa shape index (κ3) is 3.11. The largest absolute Gasteiger partial charge is 0.300 e. The van der Waals surface area contributed by atoms with E-state index in [1.54, 1.807) is 0 Å². The number of hydrogen-bond acceptors (Lipinski definition) is 1. The Kier molecular flexibility index (Phi) is 3.76. The van der Waals surface area contributed by atoms with Crippen LogP contribution < -0.4 is 0 Å². The molecule has 1 aromatic carbocycles. The summed E-state index contributed by atoms with van der Waals surface area (Å²) in [6, 6.07) is 8.75. The molecule has 18 heavy (non-hydrogen) atoms. The lowest BCUT2D eigenvalue weighted by molar-refractivity contribution is -0.120. The highest BCUT2D eigenvalue weighted by atomic mass is 28.3. The Labute approximate surface area is 112 Å². The number of hydrogen-bond donors (Lipinski definition) is 0. The molecule has 0 heterocycles. The monoisotopic (exact) mass is 260 g/mol. The molecule has 0 aliphatic heterocycles. The van der Waals surface area contributed by atoms with Gasteiger partial charge in [0, 0.05) is 20.9 Å². The summed E-state index contributed by atoms with van der Waals surface area (Å²) in [7, 11) is -1.20. The third-order valence-electron chi connectivity index (χ3n) is 4.29. The second-order valence-electron chi connectivity index (χ2n) is 6.85. The van der Waals surface area contributed by atoms with E-state index in [1.165, 1.54) is 17.5 Å². The lowest BCUT2D eigenvalue weighted by atomic mass is 9.83. The van der Waals surface area contributed by atoms with Crippen LogP contribution in [-0.4, -0.2) is 13.9 Å². The number of ketones is 1. The van der Waals surface area contributed by atoms with Crippen molar-refractivity contribution < 1.29 is 4.79 Å². The van der Waals surface area contributed by atoms with E-state index in [4.69, 9.17) is 0 Å². The van der Waals surface area contributed by atoms with Crippen molar-refractivity contribution in [2.45, 2.75) is 57.3 Å². The molecule has 0 unspecified atom stereocenters. The Morgan fingerprint density at radius 3 is 2.22 bits per heavy atom. The first kappa shape index (κ1) is 13.5. The summed E-state index contributed by atoms with van der Waals surface area (Å²) in [5.41, 5.74) is 3.31. The molecule has 0 N–H and O–H groups in total. The SMILES string of the molecule is Cc1ccc([C@H]2CC(=O)C[C@H]([Si](C)(C)C)C2)cc1. The highest BCUT2D eigenvalue weighted by Gasteiger charge is 2.35. The smallest absolute Gasteiger partial charge is 0.133 e. The van der Waals surface area contributed by atoms with Gasteiger partial charge in [0.25, 0.3) is 0 Å². The van der Waals surface area contributed by atoms with Gasteiger partial charge in [0.2, 0.25) is 0 Å². The van der Waals surface area contributed by atoms with Gasteiger partial charge in [0.1, 0.15) is 5.78 Å². The topological polar surface area (TPSA) is 17.1 Å². The standard InChI is InChI=1S/C16H24OSi/c1-12-5-7-13(8-6-12)14-9-15(17)11-16(10-14)18(2,3)4/h5-8,14,16H,9-11H2,1-4H3/t14-,16+/m0/s1. The van der Waals surface area contributed by atoms with Gasteiger partial charge in [0.05, 0.1) is 0 Å². The molecule has 0 amide bonds. The third-order valence-corrected chi connectivity index (χ3v) is 7.18. The first-order chi connectivity index (χ1) is 8.36. The molecule has 0 radical (unpaired) electrons. The van der Waals surface area contributed by atoms with Gasteiger partial charge in [-0.2, -0.15) is 0 Å². The van der Waals surface area contributed by atoms with E-state index >= 15 is 0 Å². The van der Waals surface area contributed by atoms with Crippen LogP contribution in [0.25, 0.3) is 0 Å². The second kappa shape index (κ2) is 5.00. The van der Waals surface area contributed by atoms with Gasteiger partial charge in [-0.05, 0) is 30.4 Å². The molecular weight excluding hydrogens is 236 g/mol. The Morgan fingerprint density at radius 1 is 1.06 bits per heavy atom. The maximum Gasteiger partial charge on any atom is 0.133 e. The number of benzene rings is 1. The van der Waals surface area contributed by atoms with Crippen molar-refractivity contribution in [2.75, 3.05) is 0 Å². The van der Waals surface area contributed by atoms with Crippen LogP contribution in [0.1, 0.15) is 36.3 Å². The molecule has 0 bridgehead atoms. The first-order valence-corrected chi connectivity index (χ1v) is 10.5. The highest BCUT2D eigenvalue weighted by Crippen LogP contribution is 2.42. The van der Waals surface area contributed by atoms with Gasteiger partial charge in [0.15, 0.2) is 0 Å². The molecule has 1 aliphatic carbocycles. The summed E-state index contributed by atoms with van der Waals surface area (Å²) < 4.78 is 0. The number of Topliss-reactive ketones (excluding diaryl/α,β-unsaturated/α-hetero) is 1. The summed E-state index contributed by atoms with van der Waals surface area (Å²) >= 11 is 0. The molecule has 2 rings (SSSR count). The van der Waals surface area contributed by atoms with Crippen molar-refractivity contribution in [3.63, 3.8) is 0 Å². The Hall–Kier alpha value is -0.893. The van der Waals surface area contributed by atoms with E-state index in [0.29, 0.717) is 17.2 Å². The minimum absolute atomic E-state index is 0.462. The molecule has 0 saturated heterocycles. The molecule has 1 aromatic rings. The number of carbonyl (C=O) groups excluding carboxylic acids is 1. The molecule has 0 spiro atoms. The summed E-state index contributed by atoms with van der Waals surface area (Å²) in [6.45, 7) is 9.29. The quantitative estimate of drug-likeness (QED) is 0.713. The fraction of sp³-hybridized carbons (Fsp3) is 0.562.